The summed E-state index contributed by atoms with van der Waals surface area (Å²) in [6.07, 6.45) is 3.37. The number of likely N-dealkylation sites (tertiary alicyclic amines) is 1. The molecule has 0 aromatic carbocycles. The third-order valence-electron chi connectivity index (χ3n) is 5.99. The molecule has 8 nitrogen and oxygen atoms in total. The number of rotatable bonds is 5. The van der Waals surface area contributed by atoms with Crippen molar-refractivity contribution in [3.8, 4) is 0 Å². The normalized spacial score (nSPS) is 31.3. The third kappa shape index (κ3) is 3.64. The van der Waals surface area contributed by atoms with E-state index in [-0.39, 0.29) is 23.3 Å². The van der Waals surface area contributed by atoms with Crippen molar-refractivity contribution in [1.82, 2.24) is 15.1 Å². The Morgan fingerprint density at radius 3 is 2.68 bits per heavy atom. The molecule has 0 radical (unpaired) electrons. The lowest BCUT2D eigenvalue weighted by Crippen LogP contribution is -2.63. The van der Waals surface area contributed by atoms with Crippen molar-refractivity contribution < 1.29 is 19.5 Å². The molecule has 3 fully saturated rings. The molecule has 140 valence electrons. The van der Waals surface area contributed by atoms with E-state index in [4.69, 9.17) is 5.73 Å². The van der Waals surface area contributed by atoms with Crippen LogP contribution in [0.5, 0.6) is 0 Å². The molecule has 3 amide bonds. The second-order valence-corrected chi connectivity index (χ2v) is 7.65. The molecular weight excluding hydrogens is 324 g/mol. The largest absolute Gasteiger partial charge is 0.391 e. The standard InChI is InChI=1S/C17H28N4O4/c1-11-16(25)21(12(9-19-11)15(18)24)7-2-3-14(23)20-8-6-17(4-5-17)13(22)10-20/h11-13,19,22H,2-10H2,1H3,(H2,18,24)/t11?,12?,13-/m1/s1. The maximum Gasteiger partial charge on any atom is 0.241 e. The first-order chi connectivity index (χ1) is 11.8. The summed E-state index contributed by atoms with van der Waals surface area (Å²) in [5.41, 5.74) is 5.46. The Morgan fingerprint density at radius 1 is 1.36 bits per heavy atom. The van der Waals surface area contributed by atoms with E-state index >= 15 is 0 Å². The van der Waals surface area contributed by atoms with E-state index < -0.39 is 18.1 Å². The van der Waals surface area contributed by atoms with E-state index in [1.54, 1.807) is 11.8 Å². The van der Waals surface area contributed by atoms with Crippen LogP contribution >= 0.6 is 0 Å². The number of nitrogens with two attached hydrogens (primary N) is 1. The van der Waals surface area contributed by atoms with Crippen LogP contribution in [-0.2, 0) is 14.4 Å². The number of aliphatic hydroxyl groups excluding tert-OH is 1. The first-order valence-corrected chi connectivity index (χ1v) is 9.13. The van der Waals surface area contributed by atoms with Gasteiger partial charge in [-0.2, -0.15) is 0 Å². The van der Waals surface area contributed by atoms with Gasteiger partial charge in [-0.1, -0.05) is 0 Å². The van der Waals surface area contributed by atoms with Crippen LogP contribution in [-0.4, -0.2) is 77.0 Å². The second-order valence-electron chi connectivity index (χ2n) is 7.65. The number of piperazine rings is 1. The lowest BCUT2D eigenvalue weighted by atomic mass is 9.90. The summed E-state index contributed by atoms with van der Waals surface area (Å²) in [6, 6.07) is -1.01. The quantitative estimate of drug-likeness (QED) is 0.576. The van der Waals surface area contributed by atoms with E-state index in [9.17, 15) is 19.5 Å². The number of primary amides is 1. The molecule has 3 aliphatic rings. The molecule has 0 aromatic heterocycles. The summed E-state index contributed by atoms with van der Waals surface area (Å²) in [5.74, 6) is -0.694. The number of hydrogen-bond donors (Lipinski definition) is 3. The van der Waals surface area contributed by atoms with E-state index in [0.29, 0.717) is 39.0 Å². The Hall–Kier alpha value is -1.67. The molecule has 2 unspecified atom stereocenters. The first kappa shape index (κ1) is 18.1. The number of carbonyl (C=O) groups excluding carboxylic acids is 3. The number of aliphatic hydroxyl groups is 1. The molecule has 1 spiro atoms. The van der Waals surface area contributed by atoms with Crippen molar-refractivity contribution in [2.45, 2.75) is 57.2 Å². The molecule has 3 rings (SSSR count). The monoisotopic (exact) mass is 352 g/mol. The van der Waals surface area contributed by atoms with Crippen LogP contribution in [0.3, 0.4) is 0 Å². The third-order valence-corrected chi connectivity index (χ3v) is 5.99. The highest BCUT2D eigenvalue weighted by Crippen LogP contribution is 2.53. The Morgan fingerprint density at radius 2 is 2.08 bits per heavy atom. The highest BCUT2D eigenvalue weighted by Gasteiger charge is 2.51. The predicted molar refractivity (Wildman–Crippen MR) is 90.3 cm³/mol. The molecule has 1 saturated carbocycles. The van der Waals surface area contributed by atoms with Crippen molar-refractivity contribution in [2.75, 3.05) is 26.2 Å². The van der Waals surface area contributed by atoms with E-state index in [0.717, 1.165) is 19.3 Å². The van der Waals surface area contributed by atoms with Gasteiger partial charge in [-0.25, -0.2) is 0 Å². The minimum absolute atomic E-state index is 0.000747. The van der Waals surface area contributed by atoms with Crippen LogP contribution in [0.15, 0.2) is 0 Å². The van der Waals surface area contributed by atoms with Crippen molar-refractivity contribution in [1.29, 1.82) is 0 Å². The van der Waals surface area contributed by atoms with E-state index in [2.05, 4.69) is 5.32 Å². The number of hydrogen-bond acceptors (Lipinski definition) is 5. The SMILES string of the molecule is CC1NCC(C(N)=O)N(CCCC(=O)N2CCC3(CC3)[C@H](O)C2)C1=O. The molecule has 2 aliphatic heterocycles. The second kappa shape index (κ2) is 6.92. The Bertz CT molecular complexity index is 563. The molecular formula is C17H28N4O4. The highest BCUT2D eigenvalue weighted by molar-refractivity contribution is 5.90. The molecule has 2 heterocycles. The van der Waals surface area contributed by atoms with Crippen LogP contribution in [0.25, 0.3) is 0 Å². The average Bonchev–Trinajstić information content (AvgIpc) is 3.34. The first-order valence-electron chi connectivity index (χ1n) is 9.13. The van der Waals surface area contributed by atoms with Gasteiger partial charge in [0.2, 0.25) is 17.7 Å². The Kier molecular flexibility index (Phi) is 5.02. The number of piperidine rings is 1. The van der Waals surface area contributed by atoms with Gasteiger partial charge in [0.25, 0.3) is 0 Å². The van der Waals surface area contributed by atoms with Gasteiger partial charge in [-0.3, -0.25) is 14.4 Å². The van der Waals surface area contributed by atoms with Gasteiger partial charge in [0, 0.05) is 32.6 Å². The number of β-amino-alcohol motifs (C(OH)–C–C–N with tert-alkyl or cyclic N) is 1. The van der Waals surface area contributed by atoms with Gasteiger partial charge in [0.15, 0.2) is 0 Å². The molecule has 4 N–H and O–H groups in total. The minimum atomic E-state index is -0.662. The number of carbonyl (C=O) groups is 3. The van der Waals surface area contributed by atoms with Gasteiger partial charge in [0.05, 0.1) is 12.1 Å². The summed E-state index contributed by atoms with van der Waals surface area (Å²) >= 11 is 0. The number of nitrogens with one attached hydrogen (secondary N) is 1. The summed E-state index contributed by atoms with van der Waals surface area (Å²) < 4.78 is 0. The summed E-state index contributed by atoms with van der Waals surface area (Å²) in [6.45, 7) is 3.54. The predicted octanol–water partition coefficient (Wildman–Crippen LogP) is -1.19. The van der Waals surface area contributed by atoms with Crippen molar-refractivity contribution >= 4 is 17.7 Å². The van der Waals surface area contributed by atoms with Crippen LogP contribution in [0, 0.1) is 5.41 Å². The van der Waals surface area contributed by atoms with Gasteiger partial charge in [0.1, 0.15) is 6.04 Å². The topological polar surface area (TPSA) is 116 Å². The minimum Gasteiger partial charge on any atom is -0.391 e. The highest BCUT2D eigenvalue weighted by atomic mass is 16.3. The van der Waals surface area contributed by atoms with Gasteiger partial charge in [-0.15, -0.1) is 0 Å². The van der Waals surface area contributed by atoms with Crippen LogP contribution in [0.4, 0.5) is 0 Å². The Labute approximate surface area is 147 Å². The molecule has 3 atom stereocenters. The molecule has 8 heteroatoms. The average molecular weight is 352 g/mol. The fourth-order valence-electron chi connectivity index (χ4n) is 3.96. The van der Waals surface area contributed by atoms with Crippen molar-refractivity contribution in [2.24, 2.45) is 11.1 Å². The maximum atomic E-state index is 12.4. The molecule has 25 heavy (non-hydrogen) atoms. The fourth-order valence-corrected chi connectivity index (χ4v) is 3.96. The van der Waals surface area contributed by atoms with E-state index in [1.807, 2.05) is 0 Å². The van der Waals surface area contributed by atoms with Crippen LogP contribution in [0.1, 0.15) is 39.0 Å². The lowest BCUT2D eigenvalue weighted by molar-refractivity contribution is -0.144. The summed E-state index contributed by atoms with van der Waals surface area (Å²) in [7, 11) is 0. The molecule has 0 aromatic rings. The maximum absolute atomic E-state index is 12.4. The Balaban J connectivity index is 1.48. The number of nitrogens with zero attached hydrogens (tertiary/aromatic N) is 2. The summed E-state index contributed by atoms with van der Waals surface area (Å²) in [5, 5.41) is 13.2. The molecule has 2 saturated heterocycles. The number of amides is 3. The van der Waals surface area contributed by atoms with Gasteiger partial charge >= 0.3 is 0 Å². The fraction of sp³-hybridized carbons (Fsp3) is 0.824. The zero-order chi connectivity index (χ0) is 18.2. The van der Waals surface area contributed by atoms with Gasteiger partial charge in [-0.05, 0) is 38.0 Å². The molecule has 0 bridgehead atoms. The lowest BCUT2D eigenvalue weighted by Gasteiger charge is -2.38. The van der Waals surface area contributed by atoms with Crippen molar-refractivity contribution in [3.63, 3.8) is 0 Å². The molecule has 1 aliphatic carbocycles. The summed E-state index contributed by atoms with van der Waals surface area (Å²) in [4.78, 5) is 39.4. The van der Waals surface area contributed by atoms with E-state index in [1.165, 1.54) is 4.90 Å². The smallest absolute Gasteiger partial charge is 0.241 e. The van der Waals surface area contributed by atoms with Crippen LogP contribution in [0.2, 0.25) is 0 Å². The zero-order valence-electron chi connectivity index (χ0n) is 14.7. The zero-order valence-corrected chi connectivity index (χ0v) is 14.7. The van der Waals surface area contributed by atoms with Crippen molar-refractivity contribution in [3.05, 3.63) is 0 Å². The van der Waals surface area contributed by atoms with Gasteiger partial charge < -0.3 is 26.0 Å². The van der Waals surface area contributed by atoms with Crippen LogP contribution < -0.4 is 11.1 Å².